The summed E-state index contributed by atoms with van der Waals surface area (Å²) in [6, 6.07) is 4.17. The number of aryl methyl sites for hydroxylation is 1. The van der Waals surface area contributed by atoms with Crippen LogP contribution >= 0.6 is 11.8 Å². The standard InChI is InChI=1S/C13H21NO2S/c1-9-3-4-12(16-9)13(10(2)14)17-11-5-7-15-8-6-11/h3-4,10-11,13H,5-8,14H2,1-2H3. The molecule has 1 aliphatic heterocycles. The Labute approximate surface area is 107 Å². The smallest absolute Gasteiger partial charge is 0.118 e. The van der Waals surface area contributed by atoms with E-state index in [9.17, 15) is 0 Å². The third-order valence-corrected chi connectivity index (χ3v) is 4.84. The molecule has 1 fully saturated rings. The van der Waals surface area contributed by atoms with Gasteiger partial charge in [0, 0.05) is 24.5 Å². The van der Waals surface area contributed by atoms with Crippen LogP contribution in [0.15, 0.2) is 16.5 Å². The van der Waals surface area contributed by atoms with Crippen molar-refractivity contribution in [2.24, 2.45) is 5.73 Å². The maximum absolute atomic E-state index is 6.08. The van der Waals surface area contributed by atoms with Crippen LogP contribution in [0.5, 0.6) is 0 Å². The second kappa shape index (κ2) is 5.94. The highest BCUT2D eigenvalue weighted by Crippen LogP contribution is 2.38. The van der Waals surface area contributed by atoms with E-state index in [-0.39, 0.29) is 11.3 Å². The van der Waals surface area contributed by atoms with E-state index in [0.29, 0.717) is 5.25 Å². The van der Waals surface area contributed by atoms with Gasteiger partial charge in [-0.05, 0) is 38.8 Å². The van der Waals surface area contributed by atoms with Gasteiger partial charge in [-0.25, -0.2) is 0 Å². The first-order valence-electron chi connectivity index (χ1n) is 6.22. The van der Waals surface area contributed by atoms with Gasteiger partial charge in [-0.3, -0.25) is 0 Å². The third kappa shape index (κ3) is 3.50. The van der Waals surface area contributed by atoms with Crippen molar-refractivity contribution in [1.82, 2.24) is 0 Å². The summed E-state index contributed by atoms with van der Waals surface area (Å²) in [6.45, 7) is 5.77. The fraction of sp³-hybridized carbons (Fsp3) is 0.692. The molecule has 2 heterocycles. The molecule has 1 aromatic heterocycles. The molecule has 2 rings (SSSR count). The Morgan fingerprint density at radius 3 is 2.59 bits per heavy atom. The second-order valence-electron chi connectivity index (χ2n) is 4.68. The summed E-state index contributed by atoms with van der Waals surface area (Å²) in [5, 5.41) is 0.900. The van der Waals surface area contributed by atoms with Crippen LogP contribution in [0.2, 0.25) is 0 Å². The van der Waals surface area contributed by atoms with Crippen LogP contribution in [-0.4, -0.2) is 24.5 Å². The molecular weight excluding hydrogens is 234 g/mol. The highest BCUT2D eigenvalue weighted by atomic mass is 32.2. The second-order valence-corrected chi connectivity index (χ2v) is 6.12. The van der Waals surface area contributed by atoms with Gasteiger partial charge in [0.25, 0.3) is 0 Å². The lowest BCUT2D eigenvalue weighted by molar-refractivity contribution is 0.0998. The van der Waals surface area contributed by atoms with Gasteiger partial charge in [-0.2, -0.15) is 0 Å². The van der Waals surface area contributed by atoms with E-state index in [4.69, 9.17) is 14.9 Å². The molecule has 96 valence electrons. The molecule has 1 saturated heterocycles. The average molecular weight is 255 g/mol. The summed E-state index contributed by atoms with van der Waals surface area (Å²) < 4.78 is 11.1. The molecule has 0 spiro atoms. The zero-order chi connectivity index (χ0) is 12.3. The molecule has 2 atom stereocenters. The number of hydrogen-bond donors (Lipinski definition) is 1. The maximum atomic E-state index is 6.08. The van der Waals surface area contributed by atoms with Gasteiger partial charge in [0.15, 0.2) is 0 Å². The molecule has 1 aliphatic rings. The number of ether oxygens (including phenoxy) is 1. The molecule has 17 heavy (non-hydrogen) atoms. The Bertz CT molecular complexity index is 345. The van der Waals surface area contributed by atoms with Crippen molar-refractivity contribution in [3.63, 3.8) is 0 Å². The zero-order valence-corrected chi connectivity index (χ0v) is 11.3. The van der Waals surface area contributed by atoms with Crippen LogP contribution in [0.4, 0.5) is 0 Å². The number of hydrogen-bond acceptors (Lipinski definition) is 4. The van der Waals surface area contributed by atoms with E-state index in [1.165, 1.54) is 0 Å². The predicted molar refractivity (Wildman–Crippen MR) is 71.3 cm³/mol. The molecule has 0 aliphatic carbocycles. The van der Waals surface area contributed by atoms with Gasteiger partial charge >= 0.3 is 0 Å². The molecule has 0 aromatic carbocycles. The van der Waals surface area contributed by atoms with Crippen molar-refractivity contribution < 1.29 is 9.15 Å². The summed E-state index contributed by atoms with van der Waals surface area (Å²) in [6.07, 6.45) is 2.24. The van der Waals surface area contributed by atoms with E-state index in [2.05, 4.69) is 13.0 Å². The van der Waals surface area contributed by atoms with Crippen LogP contribution in [0.3, 0.4) is 0 Å². The fourth-order valence-corrected chi connectivity index (χ4v) is 3.46. The minimum Gasteiger partial charge on any atom is -0.465 e. The minimum absolute atomic E-state index is 0.105. The average Bonchev–Trinajstić information content (AvgIpc) is 2.73. The zero-order valence-electron chi connectivity index (χ0n) is 10.5. The largest absolute Gasteiger partial charge is 0.465 e. The van der Waals surface area contributed by atoms with Crippen LogP contribution in [0.1, 0.15) is 36.5 Å². The highest BCUT2D eigenvalue weighted by Gasteiger charge is 2.25. The molecule has 0 amide bonds. The Morgan fingerprint density at radius 2 is 2.06 bits per heavy atom. The Kier molecular flexibility index (Phi) is 4.54. The molecule has 0 radical (unpaired) electrons. The van der Waals surface area contributed by atoms with Crippen molar-refractivity contribution in [2.45, 2.75) is 43.2 Å². The number of furan rings is 1. The van der Waals surface area contributed by atoms with Crippen molar-refractivity contribution in [1.29, 1.82) is 0 Å². The lowest BCUT2D eigenvalue weighted by Gasteiger charge is -2.27. The van der Waals surface area contributed by atoms with Gasteiger partial charge in [-0.15, -0.1) is 11.8 Å². The van der Waals surface area contributed by atoms with E-state index >= 15 is 0 Å². The van der Waals surface area contributed by atoms with Crippen molar-refractivity contribution in [2.75, 3.05) is 13.2 Å². The summed E-state index contributed by atoms with van der Waals surface area (Å²) >= 11 is 1.94. The molecule has 3 nitrogen and oxygen atoms in total. The first-order valence-corrected chi connectivity index (χ1v) is 7.16. The lowest BCUT2D eigenvalue weighted by Crippen LogP contribution is -2.26. The SMILES string of the molecule is Cc1ccc(C(SC2CCOCC2)C(C)N)o1. The maximum Gasteiger partial charge on any atom is 0.118 e. The monoisotopic (exact) mass is 255 g/mol. The van der Waals surface area contributed by atoms with E-state index in [0.717, 1.165) is 37.6 Å². The number of rotatable bonds is 4. The Balaban J connectivity index is 2.01. The quantitative estimate of drug-likeness (QED) is 0.898. The fourth-order valence-electron chi connectivity index (χ4n) is 2.08. The first kappa shape index (κ1) is 13.0. The molecular formula is C13H21NO2S. The predicted octanol–water partition coefficient (Wildman–Crippen LogP) is 2.89. The Hall–Kier alpha value is -0.450. The molecule has 0 saturated carbocycles. The van der Waals surface area contributed by atoms with E-state index in [1.54, 1.807) is 0 Å². The topological polar surface area (TPSA) is 48.4 Å². The number of nitrogens with two attached hydrogens (primary N) is 1. The molecule has 2 unspecified atom stereocenters. The van der Waals surface area contributed by atoms with Crippen molar-refractivity contribution >= 4 is 11.8 Å². The van der Waals surface area contributed by atoms with Crippen molar-refractivity contribution in [3.8, 4) is 0 Å². The van der Waals surface area contributed by atoms with Gasteiger partial charge in [0.05, 0.1) is 5.25 Å². The molecule has 2 N–H and O–H groups in total. The summed E-state index contributed by atoms with van der Waals surface area (Å²) in [5.41, 5.74) is 6.08. The minimum atomic E-state index is 0.105. The van der Waals surface area contributed by atoms with Crippen LogP contribution < -0.4 is 5.73 Å². The molecule has 1 aromatic rings. The van der Waals surface area contributed by atoms with Gasteiger partial charge in [0.2, 0.25) is 0 Å². The van der Waals surface area contributed by atoms with Crippen LogP contribution in [0.25, 0.3) is 0 Å². The van der Waals surface area contributed by atoms with Crippen LogP contribution in [0, 0.1) is 6.92 Å². The Morgan fingerprint density at radius 1 is 1.35 bits per heavy atom. The van der Waals surface area contributed by atoms with Crippen LogP contribution in [-0.2, 0) is 4.74 Å². The van der Waals surface area contributed by atoms with Gasteiger partial charge in [0.1, 0.15) is 11.5 Å². The summed E-state index contributed by atoms with van der Waals surface area (Å²) in [5.74, 6) is 1.97. The van der Waals surface area contributed by atoms with E-state index in [1.807, 2.05) is 24.8 Å². The normalized spacial score (nSPS) is 21.4. The summed E-state index contributed by atoms with van der Waals surface area (Å²) in [4.78, 5) is 0. The first-order chi connectivity index (χ1) is 8.16. The molecule has 4 heteroatoms. The highest BCUT2D eigenvalue weighted by molar-refractivity contribution is 8.00. The summed E-state index contributed by atoms with van der Waals surface area (Å²) in [7, 11) is 0. The van der Waals surface area contributed by atoms with Gasteiger partial charge in [-0.1, -0.05) is 0 Å². The third-order valence-electron chi connectivity index (χ3n) is 3.03. The lowest BCUT2D eigenvalue weighted by atomic mass is 10.2. The number of thioether (sulfide) groups is 1. The van der Waals surface area contributed by atoms with Gasteiger partial charge < -0.3 is 14.9 Å². The van der Waals surface area contributed by atoms with E-state index < -0.39 is 0 Å². The van der Waals surface area contributed by atoms with Crippen molar-refractivity contribution in [3.05, 3.63) is 23.7 Å². The molecule has 0 bridgehead atoms.